The number of carbonyl (C=O) groups excluding carboxylic acids is 1. The number of rotatable bonds is 7. The van der Waals surface area contributed by atoms with Gasteiger partial charge in [0.15, 0.2) is 0 Å². The minimum Gasteiger partial charge on any atom is -0.353 e. The van der Waals surface area contributed by atoms with E-state index in [1.807, 2.05) is 24.0 Å². The van der Waals surface area contributed by atoms with E-state index in [4.69, 9.17) is 0 Å². The first-order valence-corrected chi connectivity index (χ1v) is 12.0. The second-order valence-corrected chi connectivity index (χ2v) is 10.0. The van der Waals surface area contributed by atoms with E-state index in [0.29, 0.717) is 37.6 Å². The van der Waals surface area contributed by atoms with E-state index in [1.54, 1.807) is 10.4 Å². The number of aryl methyl sites for hydroxylation is 2. The van der Waals surface area contributed by atoms with Crippen LogP contribution >= 0.6 is 0 Å². The lowest BCUT2D eigenvalue weighted by Gasteiger charge is -2.34. The fourth-order valence-corrected chi connectivity index (χ4v) is 5.65. The average Bonchev–Trinajstić information content (AvgIpc) is 2.68. The zero-order valence-electron chi connectivity index (χ0n) is 17.1. The largest absolute Gasteiger partial charge is 0.353 e. The maximum atomic E-state index is 13.0. The van der Waals surface area contributed by atoms with Gasteiger partial charge in [-0.2, -0.15) is 4.31 Å². The number of nitrogens with zero attached hydrogens (tertiary/aromatic N) is 2. The van der Waals surface area contributed by atoms with Crippen molar-refractivity contribution in [3.63, 3.8) is 0 Å². The Morgan fingerprint density at radius 3 is 2.46 bits per heavy atom. The Labute approximate surface area is 169 Å². The normalized spacial score (nSPS) is 19.8. The summed E-state index contributed by atoms with van der Waals surface area (Å²) in [5.41, 5.74) is 2.47. The summed E-state index contributed by atoms with van der Waals surface area (Å²) in [4.78, 5) is 14.6. The van der Waals surface area contributed by atoms with Gasteiger partial charge < -0.3 is 5.32 Å². The van der Waals surface area contributed by atoms with Gasteiger partial charge in [-0.05, 0) is 62.3 Å². The van der Waals surface area contributed by atoms with E-state index in [-0.39, 0.29) is 11.9 Å². The molecule has 1 amide bonds. The number of amides is 1. The van der Waals surface area contributed by atoms with Crippen LogP contribution in [0.2, 0.25) is 0 Å². The van der Waals surface area contributed by atoms with Crippen molar-refractivity contribution in [2.75, 3.05) is 32.7 Å². The van der Waals surface area contributed by atoms with E-state index in [0.717, 1.165) is 32.1 Å². The molecule has 0 saturated carbocycles. The molecule has 1 unspecified atom stereocenters. The van der Waals surface area contributed by atoms with Gasteiger partial charge in [0.05, 0.1) is 11.4 Å². The standard InChI is InChI=1S/C21H33N3O3S/c1-3-6-17(2)22-21(25)16-23-11-13-24(14-12-23)28(26,27)20-10-9-18-7-4-5-8-19(18)15-20/h9-10,15,17H,3-8,11-14,16H2,1-2H3,(H,22,25). The van der Waals surface area contributed by atoms with Crippen LogP contribution in [-0.2, 0) is 27.7 Å². The van der Waals surface area contributed by atoms with Crippen LogP contribution in [0.25, 0.3) is 0 Å². The second kappa shape index (κ2) is 9.37. The molecule has 1 heterocycles. The summed E-state index contributed by atoms with van der Waals surface area (Å²) in [7, 11) is -3.47. The number of hydrogen-bond acceptors (Lipinski definition) is 4. The quantitative estimate of drug-likeness (QED) is 0.752. The maximum absolute atomic E-state index is 13.0. The third-order valence-electron chi connectivity index (χ3n) is 5.79. The summed E-state index contributed by atoms with van der Waals surface area (Å²) in [6.07, 6.45) is 6.35. The molecule has 1 saturated heterocycles. The summed E-state index contributed by atoms with van der Waals surface area (Å²) >= 11 is 0. The van der Waals surface area contributed by atoms with Crippen LogP contribution in [0.15, 0.2) is 23.1 Å². The monoisotopic (exact) mass is 407 g/mol. The van der Waals surface area contributed by atoms with Crippen LogP contribution in [0.4, 0.5) is 0 Å². The molecular formula is C21H33N3O3S. The van der Waals surface area contributed by atoms with E-state index in [9.17, 15) is 13.2 Å². The van der Waals surface area contributed by atoms with Crippen molar-refractivity contribution >= 4 is 15.9 Å². The first-order valence-electron chi connectivity index (χ1n) is 10.5. The van der Waals surface area contributed by atoms with Crippen LogP contribution in [0.5, 0.6) is 0 Å². The molecule has 1 atom stereocenters. The van der Waals surface area contributed by atoms with Crippen molar-refractivity contribution in [1.29, 1.82) is 0 Å². The number of nitrogens with one attached hydrogen (secondary N) is 1. The summed E-state index contributed by atoms with van der Waals surface area (Å²) in [5, 5.41) is 3.01. The molecule has 6 nitrogen and oxygen atoms in total. The van der Waals surface area contributed by atoms with Crippen molar-refractivity contribution in [2.45, 2.75) is 63.3 Å². The van der Waals surface area contributed by atoms with E-state index in [2.05, 4.69) is 12.2 Å². The Hall–Kier alpha value is -1.44. The summed E-state index contributed by atoms with van der Waals surface area (Å²) in [6.45, 7) is 6.48. The molecule has 1 fully saturated rings. The highest BCUT2D eigenvalue weighted by molar-refractivity contribution is 7.89. The topological polar surface area (TPSA) is 69.7 Å². The molecule has 1 aliphatic carbocycles. The molecule has 3 rings (SSSR count). The summed E-state index contributed by atoms with van der Waals surface area (Å²) in [6, 6.07) is 5.80. The molecule has 7 heteroatoms. The molecule has 0 aromatic heterocycles. The van der Waals surface area contributed by atoms with Crippen molar-refractivity contribution in [2.24, 2.45) is 0 Å². The highest BCUT2D eigenvalue weighted by Gasteiger charge is 2.29. The van der Waals surface area contributed by atoms with Gasteiger partial charge in [0.1, 0.15) is 0 Å². The Bertz CT molecular complexity index is 786. The lowest BCUT2D eigenvalue weighted by molar-refractivity contribution is -0.123. The van der Waals surface area contributed by atoms with Crippen LogP contribution in [0.3, 0.4) is 0 Å². The fraction of sp³-hybridized carbons (Fsp3) is 0.667. The van der Waals surface area contributed by atoms with Crippen LogP contribution in [0.1, 0.15) is 50.7 Å². The van der Waals surface area contributed by atoms with Gasteiger partial charge in [-0.15, -0.1) is 0 Å². The predicted molar refractivity (Wildman–Crippen MR) is 111 cm³/mol. The molecule has 1 N–H and O–H groups in total. The molecule has 1 aromatic rings. The first-order chi connectivity index (χ1) is 13.4. The van der Waals surface area contributed by atoms with Gasteiger partial charge in [-0.1, -0.05) is 19.4 Å². The lowest BCUT2D eigenvalue weighted by atomic mass is 9.92. The molecule has 0 radical (unpaired) electrons. The number of piperazine rings is 1. The second-order valence-electron chi connectivity index (χ2n) is 8.08. The lowest BCUT2D eigenvalue weighted by Crippen LogP contribution is -2.51. The number of fused-ring (bicyclic) bond motifs is 1. The Morgan fingerprint density at radius 2 is 1.79 bits per heavy atom. The van der Waals surface area contributed by atoms with Gasteiger partial charge in [0.25, 0.3) is 0 Å². The van der Waals surface area contributed by atoms with Crippen LogP contribution in [-0.4, -0.2) is 62.3 Å². The number of sulfonamides is 1. The Balaban J connectivity index is 1.56. The number of carbonyl (C=O) groups is 1. The highest BCUT2D eigenvalue weighted by Crippen LogP contribution is 2.26. The van der Waals surface area contributed by atoms with Crippen molar-refractivity contribution in [3.05, 3.63) is 29.3 Å². The Kier molecular flexibility index (Phi) is 7.12. The zero-order chi connectivity index (χ0) is 20.1. The molecule has 2 aliphatic rings. The zero-order valence-corrected chi connectivity index (χ0v) is 17.9. The summed E-state index contributed by atoms with van der Waals surface area (Å²) < 4.78 is 27.7. The van der Waals surface area contributed by atoms with Gasteiger partial charge >= 0.3 is 0 Å². The van der Waals surface area contributed by atoms with E-state index in [1.165, 1.54) is 17.5 Å². The average molecular weight is 408 g/mol. The third-order valence-corrected chi connectivity index (χ3v) is 7.68. The minimum atomic E-state index is -3.47. The minimum absolute atomic E-state index is 0.0203. The molecule has 28 heavy (non-hydrogen) atoms. The van der Waals surface area contributed by atoms with Gasteiger partial charge in [-0.3, -0.25) is 9.69 Å². The van der Waals surface area contributed by atoms with Crippen molar-refractivity contribution in [3.8, 4) is 0 Å². The third kappa shape index (κ3) is 5.13. The smallest absolute Gasteiger partial charge is 0.243 e. The predicted octanol–water partition coefficient (Wildman–Crippen LogP) is 2.18. The van der Waals surface area contributed by atoms with Gasteiger partial charge in [0.2, 0.25) is 15.9 Å². The molecule has 1 aromatic carbocycles. The molecule has 156 valence electrons. The molecule has 0 spiro atoms. The molecule has 0 bridgehead atoms. The SMILES string of the molecule is CCCC(C)NC(=O)CN1CCN(S(=O)(=O)c2ccc3c(c2)CCCC3)CC1. The first kappa shape index (κ1) is 21.3. The van der Waals surface area contributed by atoms with Gasteiger partial charge in [0, 0.05) is 32.2 Å². The number of benzene rings is 1. The molecule has 1 aliphatic heterocycles. The highest BCUT2D eigenvalue weighted by atomic mass is 32.2. The number of hydrogen-bond donors (Lipinski definition) is 1. The summed E-state index contributed by atoms with van der Waals surface area (Å²) in [5.74, 6) is 0.0203. The van der Waals surface area contributed by atoms with Crippen LogP contribution in [0, 0.1) is 0 Å². The maximum Gasteiger partial charge on any atom is 0.243 e. The van der Waals surface area contributed by atoms with Gasteiger partial charge in [-0.25, -0.2) is 8.42 Å². The van der Waals surface area contributed by atoms with Crippen molar-refractivity contribution in [1.82, 2.24) is 14.5 Å². The van der Waals surface area contributed by atoms with Crippen molar-refractivity contribution < 1.29 is 13.2 Å². The van der Waals surface area contributed by atoms with E-state index < -0.39 is 10.0 Å². The van der Waals surface area contributed by atoms with Crippen LogP contribution < -0.4 is 5.32 Å². The Morgan fingerprint density at radius 1 is 1.11 bits per heavy atom. The fourth-order valence-electron chi connectivity index (χ4n) is 4.18. The molecular weight excluding hydrogens is 374 g/mol. The van der Waals surface area contributed by atoms with E-state index >= 15 is 0 Å².